The molecule has 0 unspecified atom stereocenters. The number of anilines is 1. The number of nitrogens with zero attached hydrogens (tertiary/aromatic N) is 3. The molecule has 2 aliphatic heterocycles. The monoisotopic (exact) mass is 430 g/mol. The number of likely N-dealkylation sites (tertiary alicyclic amines) is 1. The van der Waals surface area contributed by atoms with Gasteiger partial charge in [0.1, 0.15) is 25.6 Å². The molecule has 0 spiro atoms. The van der Waals surface area contributed by atoms with E-state index in [1.165, 1.54) is 4.90 Å². The molecular weight excluding hydrogens is 402 g/mol. The zero-order chi connectivity index (χ0) is 22.8. The number of hydrogen-bond acceptors (Lipinski definition) is 4. The Morgan fingerprint density at radius 1 is 0.938 bits per heavy atom. The second-order valence-electron chi connectivity index (χ2n) is 8.43. The van der Waals surface area contributed by atoms with E-state index in [9.17, 15) is 9.59 Å². The summed E-state index contributed by atoms with van der Waals surface area (Å²) >= 11 is 0. The lowest BCUT2D eigenvalue weighted by Gasteiger charge is -2.23. The zero-order valence-electron chi connectivity index (χ0n) is 19.0. The van der Waals surface area contributed by atoms with Crippen molar-refractivity contribution in [3.05, 3.63) is 83.4 Å². The molecular formula is C26H28N3O3+. The lowest BCUT2D eigenvalue weighted by Crippen LogP contribution is -2.31. The highest BCUT2D eigenvalue weighted by Gasteiger charge is 2.31. The molecule has 0 atom stereocenters. The van der Waals surface area contributed by atoms with E-state index in [4.69, 9.17) is 4.74 Å². The molecule has 3 aliphatic rings. The van der Waals surface area contributed by atoms with Crippen molar-refractivity contribution in [1.29, 1.82) is 0 Å². The van der Waals surface area contributed by atoms with Gasteiger partial charge in [-0.15, -0.1) is 0 Å². The van der Waals surface area contributed by atoms with Crippen LogP contribution in [0.3, 0.4) is 0 Å². The first-order chi connectivity index (χ1) is 15.3. The normalized spacial score (nSPS) is 18.1. The Morgan fingerprint density at radius 2 is 1.56 bits per heavy atom. The predicted molar refractivity (Wildman–Crippen MR) is 126 cm³/mol. The van der Waals surface area contributed by atoms with Gasteiger partial charge in [-0.1, -0.05) is 12.1 Å². The number of hydrogen-bond donors (Lipinski definition) is 0. The van der Waals surface area contributed by atoms with Crippen molar-refractivity contribution in [3.63, 3.8) is 0 Å². The first-order valence-corrected chi connectivity index (χ1v) is 10.7. The molecule has 2 amide bonds. The molecule has 1 aromatic carbocycles. The molecule has 4 rings (SSSR count). The molecule has 0 radical (unpaired) electrons. The lowest BCUT2D eigenvalue weighted by molar-refractivity contribution is -0.462. The number of amides is 2. The summed E-state index contributed by atoms with van der Waals surface area (Å²) < 4.78 is 8.22. The van der Waals surface area contributed by atoms with Crippen LogP contribution in [0, 0.1) is 0 Å². The fourth-order valence-corrected chi connectivity index (χ4v) is 3.77. The van der Waals surface area contributed by atoms with Crippen molar-refractivity contribution in [3.8, 4) is 0 Å². The molecule has 6 nitrogen and oxygen atoms in total. The van der Waals surface area contributed by atoms with Crippen LogP contribution in [0.15, 0.2) is 77.8 Å². The van der Waals surface area contributed by atoms with E-state index >= 15 is 0 Å². The van der Waals surface area contributed by atoms with Gasteiger partial charge >= 0.3 is 0 Å². The summed E-state index contributed by atoms with van der Waals surface area (Å²) in [5.74, 6) is 0.971. The molecule has 1 fully saturated rings. The van der Waals surface area contributed by atoms with E-state index in [0.29, 0.717) is 11.5 Å². The van der Waals surface area contributed by atoms with Gasteiger partial charge in [-0.05, 0) is 47.6 Å². The minimum atomic E-state index is -0.150. The summed E-state index contributed by atoms with van der Waals surface area (Å²) in [6, 6.07) is 8.27. The van der Waals surface area contributed by atoms with E-state index in [0.717, 1.165) is 28.1 Å². The quantitative estimate of drug-likeness (QED) is 0.543. The van der Waals surface area contributed by atoms with Gasteiger partial charge in [0.05, 0.1) is 6.54 Å². The van der Waals surface area contributed by atoms with Gasteiger partial charge in [0.15, 0.2) is 5.71 Å². The van der Waals surface area contributed by atoms with Gasteiger partial charge in [0, 0.05) is 50.3 Å². The molecule has 32 heavy (non-hydrogen) atoms. The Morgan fingerprint density at radius 3 is 2.12 bits per heavy atom. The number of carbonyl (C=O) groups is 2. The highest BCUT2D eigenvalue weighted by Crippen LogP contribution is 2.31. The third-order valence-corrected chi connectivity index (χ3v) is 5.70. The number of imide groups is 1. The highest BCUT2D eigenvalue weighted by atomic mass is 16.5. The molecule has 6 heteroatoms. The Labute approximate surface area is 188 Å². The van der Waals surface area contributed by atoms with Gasteiger partial charge in [-0.25, -0.2) is 4.58 Å². The molecule has 0 aromatic heterocycles. The number of carbonyl (C=O) groups excluding carboxylic acids is 2. The van der Waals surface area contributed by atoms with Crippen molar-refractivity contribution < 1.29 is 18.9 Å². The summed E-state index contributed by atoms with van der Waals surface area (Å²) in [7, 11) is 8.02. The lowest BCUT2D eigenvalue weighted by atomic mass is 9.99. The Bertz CT molecular complexity index is 1110. The van der Waals surface area contributed by atoms with Crippen molar-refractivity contribution in [2.75, 3.05) is 39.6 Å². The maximum absolute atomic E-state index is 12.2. The molecule has 164 valence electrons. The third kappa shape index (κ3) is 4.49. The SMILES string of the molecule is CN(C)c1ccc(C2=CC(=C3C=CC(=[N+](C)C)C=C3)OC(CN3C(=O)CCC3=O)=C2)cc1. The van der Waals surface area contributed by atoms with E-state index in [2.05, 4.69) is 29.2 Å². The molecule has 0 bridgehead atoms. The first kappa shape index (κ1) is 21.6. The second kappa shape index (κ2) is 8.83. The van der Waals surface area contributed by atoms with Crippen LogP contribution in [-0.2, 0) is 14.3 Å². The van der Waals surface area contributed by atoms with Crippen LogP contribution in [0.5, 0.6) is 0 Å². The number of benzene rings is 1. The Kier molecular flexibility index (Phi) is 5.95. The van der Waals surface area contributed by atoms with Crippen LogP contribution in [-0.4, -0.2) is 61.7 Å². The second-order valence-corrected chi connectivity index (χ2v) is 8.43. The predicted octanol–water partition coefficient (Wildman–Crippen LogP) is 3.29. The number of allylic oxidation sites excluding steroid dienone is 8. The van der Waals surface area contributed by atoms with Gasteiger partial charge < -0.3 is 9.64 Å². The van der Waals surface area contributed by atoms with E-state index in [1.54, 1.807) is 0 Å². The van der Waals surface area contributed by atoms with Crippen LogP contribution >= 0.6 is 0 Å². The average Bonchev–Trinajstić information content (AvgIpc) is 3.11. The highest BCUT2D eigenvalue weighted by molar-refractivity contribution is 6.03. The minimum absolute atomic E-state index is 0.143. The molecule has 1 saturated heterocycles. The van der Waals surface area contributed by atoms with Crippen LogP contribution in [0.2, 0.25) is 0 Å². The summed E-state index contributed by atoms with van der Waals surface area (Å²) in [4.78, 5) is 27.7. The van der Waals surface area contributed by atoms with Crippen molar-refractivity contribution >= 4 is 28.8 Å². The van der Waals surface area contributed by atoms with Crippen LogP contribution in [0.4, 0.5) is 5.69 Å². The van der Waals surface area contributed by atoms with Crippen molar-refractivity contribution in [1.82, 2.24) is 4.90 Å². The van der Waals surface area contributed by atoms with Gasteiger partial charge in [-0.3, -0.25) is 14.5 Å². The Balaban J connectivity index is 1.71. The van der Waals surface area contributed by atoms with E-state index in [1.807, 2.05) is 69.2 Å². The standard InChI is InChI=1S/C26H28N3O3/c1-27(2)21-9-5-18(6-10-21)20-15-23(17-29-25(30)13-14-26(29)31)32-24(16-20)19-7-11-22(12-8-19)28(3)4/h5-12,15-16H,13-14,17H2,1-4H3/q+1. The topological polar surface area (TPSA) is 52.9 Å². The molecule has 0 saturated carbocycles. The molecule has 1 aromatic rings. The van der Waals surface area contributed by atoms with Gasteiger partial charge in [0.2, 0.25) is 11.8 Å². The summed E-state index contributed by atoms with van der Waals surface area (Å²) in [5, 5.41) is 0. The van der Waals surface area contributed by atoms with E-state index < -0.39 is 0 Å². The van der Waals surface area contributed by atoms with Crippen LogP contribution < -0.4 is 4.90 Å². The van der Waals surface area contributed by atoms with Crippen molar-refractivity contribution in [2.24, 2.45) is 0 Å². The summed E-state index contributed by atoms with van der Waals surface area (Å²) in [5.41, 5.74) is 5.16. The molecule has 1 aliphatic carbocycles. The largest absolute Gasteiger partial charge is 0.459 e. The van der Waals surface area contributed by atoms with E-state index in [-0.39, 0.29) is 31.2 Å². The fourth-order valence-electron chi connectivity index (χ4n) is 3.77. The van der Waals surface area contributed by atoms with Crippen LogP contribution in [0.1, 0.15) is 18.4 Å². The maximum Gasteiger partial charge on any atom is 0.230 e. The molecule has 0 N–H and O–H groups in total. The summed E-state index contributed by atoms with van der Waals surface area (Å²) in [6.07, 6.45) is 12.6. The van der Waals surface area contributed by atoms with Crippen LogP contribution in [0.25, 0.3) is 5.57 Å². The zero-order valence-corrected chi connectivity index (χ0v) is 19.0. The Hall–Kier alpha value is -3.67. The smallest absolute Gasteiger partial charge is 0.230 e. The average molecular weight is 431 g/mol. The fraction of sp³-hybridized carbons (Fsp3) is 0.269. The number of rotatable bonds is 4. The third-order valence-electron chi connectivity index (χ3n) is 5.70. The van der Waals surface area contributed by atoms with Gasteiger partial charge in [0.25, 0.3) is 0 Å². The molecule has 2 heterocycles. The van der Waals surface area contributed by atoms with Crippen molar-refractivity contribution in [2.45, 2.75) is 12.8 Å². The summed E-state index contributed by atoms with van der Waals surface area (Å²) in [6.45, 7) is 0.143. The number of ether oxygens (including phenoxy) is 1. The first-order valence-electron chi connectivity index (χ1n) is 10.7. The minimum Gasteiger partial charge on any atom is -0.459 e. The van der Waals surface area contributed by atoms with Gasteiger partial charge in [-0.2, -0.15) is 0 Å². The maximum atomic E-state index is 12.2.